The molecule has 3 N–H and O–H groups in total. The van der Waals surface area contributed by atoms with Crippen LogP contribution in [0.5, 0.6) is 0 Å². The molecule has 1 amide bonds. The lowest BCUT2D eigenvalue weighted by atomic mass is 10.1. The first-order chi connectivity index (χ1) is 10.1. The van der Waals surface area contributed by atoms with Gasteiger partial charge in [-0.05, 0) is 43.3 Å². The van der Waals surface area contributed by atoms with Gasteiger partial charge in [0.2, 0.25) is 0 Å². The number of hydrogen-bond donors (Lipinski definition) is 2. The topological polar surface area (TPSA) is 68.0 Å². The number of para-hydroxylation sites is 1. The summed E-state index contributed by atoms with van der Waals surface area (Å²) in [5.41, 5.74) is 9.34. The average Bonchev–Trinajstić information content (AvgIpc) is 2.48. The molecule has 0 aliphatic rings. The third kappa shape index (κ3) is 2.69. The monoisotopic (exact) mass is 277 g/mol. The zero-order valence-electron chi connectivity index (χ0n) is 11.6. The van der Waals surface area contributed by atoms with Crippen molar-refractivity contribution in [2.24, 2.45) is 0 Å². The van der Waals surface area contributed by atoms with Crippen LogP contribution in [0.15, 0.2) is 54.6 Å². The van der Waals surface area contributed by atoms with Crippen molar-refractivity contribution in [1.82, 2.24) is 4.98 Å². The molecule has 4 heteroatoms. The number of fused-ring (bicyclic) bond motifs is 1. The summed E-state index contributed by atoms with van der Waals surface area (Å²) in [6.45, 7) is 1.87. The highest BCUT2D eigenvalue weighted by Crippen LogP contribution is 2.22. The van der Waals surface area contributed by atoms with Crippen molar-refractivity contribution >= 4 is 28.2 Å². The maximum Gasteiger partial charge on any atom is 0.256 e. The number of amides is 1. The lowest BCUT2D eigenvalue weighted by Crippen LogP contribution is -2.13. The van der Waals surface area contributed by atoms with Gasteiger partial charge in [0.15, 0.2) is 0 Å². The normalized spacial score (nSPS) is 10.5. The fraction of sp³-hybridized carbons (Fsp3) is 0.0588. The van der Waals surface area contributed by atoms with Crippen LogP contribution in [0.4, 0.5) is 11.4 Å². The van der Waals surface area contributed by atoms with Crippen LogP contribution in [0.2, 0.25) is 0 Å². The molecule has 1 aromatic heterocycles. The molecule has 0 saturated carbocycles. The molecule has 0 atom stereocenters. The molecule has 0 bridgehead atoms. The predicted molar refractivity (Wildman–Crippen MR) is 85.3 cm³/mol. The van der Waals surface area contributed by atoms with Gasteiger partial charge in [-0.3, -0.25) is 9.78 Å². The number of aryl methyl sites for hydroxylation is 1. The number of carbonyl (C=O) groups excluding carboxylic acids is 1. The SMILES string of the molecule is Cc1cc(C(=O)Nc2ccccc2)c2cc(N)ccc2n1. The van der Waals surface area contributed by atoms with Crippen LogP contribution in [0.1, 0.15) is 16.1 Å². The Morgan fingerprint density at radius 3 is 2.62 bits per heavy atom. The van der Waals surface area contributed by atoms with Gasteiger partial charge in [0, 0.05) is 22.5 Å². The molecular weight excluding hydrogens is 262 g/mol. The Bertz CT molecular complexity index is 813. The Kier molecular flexibility index (Phi) is 3.28. The largest absolute Gasteiger partial charge is 0.399 e. The van der Waals surface area contributed by atoms with E-state index >= 15 is 0 Å². The number of nitrogens with one attached hydrogen (secondary N) is 1. The van der Waals surface area contributed by atoms with E-state index in [9.17, 15) is 4.79 Å². The Hall–Kier alpha value is -2.88. The summed E-state index contributed by atoms with van der Waals surface area (Å²) in [5.74, 6) is -0.165. The quantitative estimate of drug-likeness (QED) is 0.706. The minimum Gasteiger partial charge on any atom is -0.399 e. The van der Waals surface area contributed by atoms with E-state index in [-0.39, 0.29) is 5.91 Å². The number of nitrogens with two attached hydrogens (primary N) is 1. The molecule has 0 radical (unpaired) electrons. The molecule has 0 fully saturated rings. The van der Waals surface area contributed by atoms with E-state index in [1.807, 2.05) is 43.3 Å². The lowest BCUT2D eigenvalue weighted by molar-refractivity contribution is 0.102. The maximum absolute atomic E-state index is 12.5. The lowest BCUT2D eigenvalue weighted by Gasteiger charge is -2.09. The van der Waals surface area contributed by atoms with Crippen molar-refractivity contribution in [3.63, 3.8) is 0 Å². The molecule has 0 saturated heterocycles. The second-order valence-corrected chi connectivity index (χ2v) is 4.91. The molecule has 0 aliphatic carbocycles. The number of rotatable bonds is 2. The molecule has 3 rings (SSSR count). The van der Waals surface area contributed by atoms with Crippen molar-refractivity contribution in [3.8, 4) is 0 Å². The summed E-state index contributed by atoms with van der Waals surface area (Å²) in [5, 5.41) is 3.65. The maximum atomic E-state index is 12.5. The Balaban J connectivity index is 2.06. The number of carbonyl (C=O) groups is 1. The summed E-state index contributed by atoms with van der Waals surface area (Å²) < 4.78 is 0. The van der Waals surface area contributed by atoms with Crippen molar-refractivity contribution in [2.45, 2.75) is 6.92 Å². The van der Waals surface area contributed by atoms with E-state index in [0.29, 0.717) is 11.3 Å². The molecule has 0 unspecified atom stereocenters. The molecule has 4 nitrogen and oxygen atoms in total. The van der Waals surface area contributed by atoms with Gasteiger partial charge in [0.1, 0.15) is 0 Å². The van der Waals surface area contributed by atoms with Crippen molar-refractivity contribution in [3.05, 3.63) is 65.9 Å². The standard InChI is InChI=1S/C17H15N3O/c1-11-9-15(14-10-12(18)7-8-16(14)19-11)17(21)20-13-5-3-2-4-6-13/h2-10H,18H2,1H3,(H,20,21). The summed E-state index contributed by atoms with van der Waals surface area (Å²) in [6.07, 6.45) is 0. The molecular formula is C17H15N3O. The molecule has 21 heavy (non-hydrogen) atoms. The summed E-state index contributed by atoms with van der Waals surface area (Å²) >= 11 is 0. The zero-order chi connectivity index (χ0) is 14.8. The highest BCUT2D eigenvalue weighted by molar-refractivity contribution is 6.12. The van der Waals surface area contributed by atoms with E-state index in [1.54, 1.807) is 18.2 Å². The van der Waals surface area contributed by atoms with E-state index < -0.39 is 0 Å². The average molecular weight is 277 g/mol. The number of benzene rings is 2. The van der Waals surface area contributed by atoms with Gasteiger partial charge >= 0.3 is 0 Å². The van der Waals surface area contributed by atoms with Crippen LogP contribution >= 0.6 is 0 Å². The first-order valence-corrected chi connectivity index (χ1v) is 6.67. The fourth-order valence-corrected chi connectivity index (χ4v) is 2.28. The van der Waals surface area contributed by atoms with Gasteiger partial charge in [-0.25, -0.2) is 0 Å². The van der Waals surface area contributed by atoms with Crippen molar-refractivity contribution in [1.29, 1.82) is 0 Å². The van der Waals surface area contributed by atoms with Gasteiger partial charge in [-0.2, -0.15) is 0 Å². The summed E-state index contributed by atoms with van der Waals surface area (Å²) in [4.78, 5) is 16.9. The van der Waals surface area contributed by atoms with Crippen molar-refractivity contribution < 1.29 is 4.79 Å². The van der Waals surface area contributed by atoms with Crippen LogP contribution in [-0.2, 0) is 0 Å². The van der Waals surface area contributed by atoms with Crippen LogP contribution in [-0.4, -0.2) is 10.9 Å². The number of aromatic nitrogens is 1. The minimum atomic E-state index is -0.165. The van der Waals surface area contributed by atoms with Gasteiger partial charge < -0.3 is 11.1 Å². The van der Waals surface area contributed by atoms with E-state index in [4.69, 9.17) is 5.73 Å². The minimum absolute atomic E-state index is 0.165. The van der Waals surface area contributed by atoms with E-state index in [2.05, 4.69) is 10.3 Å². The zero-order valence-corrected chi connectivity index (χ0v) is 11.6. The van der Waals surface area contributed by atoms with Gasteiger partial charge in [-0.1, -0.05) is 18.2 Å². The van der Waals surface area contributed by atoms with E-state index in [1.165, 1.54) is 0 Å². The molecule has 1 heterocycles. The van der Waals surface area contributed by atoms with Crippen LogP contribution in [0.3, 0.4) is 0 Å². The Labute approximate surface area is 122 Å². The Morgan fingerprint density at radius 1 is 1.10 bits per heavy atom. The Morgan fingerprint density at radius 2 is 1.86 bits per heavy atom. The van der Waals surface area contributed by atoms with Crippen LogP contribution in [0.25, 0.3) is 10.9 Å². The van der Waals surface area contributed by atoms with Crippen LogP contribution in [0, 0.1) is 6.92 Å². The number of nitrogens with zero attached hydrogens (tertiary/aromatic N) is 1. The molecule has 0 spiro atoms. The van der Waals surface area contributed by atoms with E-state index in [0.717, 1.165) is 22.3 Å². The van der Waals surface area contributed by atoms with Gasteiger partial charge in [0.05, 0.1) is 11.1 Å². The summed E-state index contributed by atoms with van der Waals surface area (Å²) in [7, 11) is 0. The number of pyridine rings is 1. The number of anilines is 2. The fourth-order valence-electron chi connectivity index (χ4n) is 2.28. The molecule has 0 aliphatic heterocycles. The smallest absolute Gasteiger partial charge is 0.256 e. The highest BCUT2D eigenvalue weighted by Gasteiger charge is 2.12. The second kappa shape index (κ2) is 5.25. The third-order valence-corrected chi connectivity index (χ3v) is 3.24. The first-order valence-electron chi connectivity index (χ1n) is 6.67. The van der Waals surface area contributed by atoms with Gasteiger partial charge in [0.25, 0.3) is 5.91 Å². The first kappa shape index (κ1) is 13.1. The second-order valence-electron chi connectivity index (χ2n) is 4.91. The predicted octanol–water partition coefficient (Wildman–Crippen LogP) is 3.38. The molecule has 3 aromatic rings. The highest BCUT2D eigenvalue weighted by atomic mass is 16.1. The number of hydrogen-bond acceptors (Lipinski definition) is 3. The number of nitrogen functional groups attached to an aromatic ring is 1. The van der Waals surface area contributed by atoms with Gasteiger partial charge in [-0.15, -0.1) is 0 Å². The molecule has 104 valence electrons. The summed E-state index contributed by atoms with van der Waals surface area (Å²) in [6, 6.07) is 16.5. The van der Waals surface area contributed by atoms with Crippen LogP contribution < -0.4 is 11.1 Å². The van der Waals surface area contributed by atoms with Crippen molar-refractivity contribution in [2.75, 3.05) is 11.1 Å². The molecule has 2 aromatic carbocycles. The third-order valence-electron chi connectivity index (χ3n) is 3.24.